The second kappa shape index (κ2) is 8.57. The van der Waals surface area contributed by atoms with E-state index in [1.165, 1.54) is 20.3 Å². The maximum absolute atomic E-state index is 13.9. The highest BCUT2D eigenvalue weighted by molar-refractivity contribution is 5.93. The van der Waals surface area contributed by atoms with Gasteiger partial charge in [0.1, 0.15) is 0 Å². The molecule has 1 aromatic carbocycles. The smallest absolute Gasteiger partial charge is 0.433 e. The number of alkyl halides is 3. The average molecular weight is 462 g/mol. The Kier molecular flexibility index (Phi) is 5.94. The van der Waals surface area contributed by atoms with Crippen LogP contribution in [0.15, 0.2) is 30.3 Å². The number of carbonyl (C=O) groups excluding carboxylic acids is 1. The average Bonchev–Trinajstić information content (AvgIpc) is 3.22. The normalized spacial score (nSPS) is 19.1. The predicted octanol–water partition coefficient (Wildman–Crippen LogP) is 4.69. The van der Waals surface area contributed by atoms with E-state index in [2.05, 4.69) is 17.0 Å². The molecule has 1 saturated heterocycles. The summed E-state index contributed by atoms with van der Waals surface area (Å²) in [4.78, 5) is 19.2. The molecule has 3 aromatic rings. The van der Waals surface area contributed by atoms with Crippen molar-refractivity contribution in [1.82, 2.24) is 19.5 Å². The number of aromatic nitrogens is 3. The van der Waals surface area contributed by atoms with Gasteiger partial charge in [0, 0.05) is 24.2 Å². The van der Waals surface area contributed by atoms with Gasteiger partial charge in [0.15, 0.2) is 28.5 Å². The van der Waals surface area contributed by atoms with Gasteiger partial charge in [-0.25, -0.2) is 9.50 Å². The lowest BCUT2D eigenvalue weighted by molar-refractivity contribution is -0.142. The minimum absolute atomic E-state index is 0.00381. The Hall–Kier alpha value is -3.30. The minimum Gasteiger partial charge on any atom is -0.493 e. The van der Waals surface area contributed by atoms with Crippen LogP contribution in [0.2, 0.25) is 0 Å². The van der Waals surface area contributed by atoms with Crippen LogP contribution >= 0.6 is 0 Å². The number of piperidine rings is 1. The van der Waals surface area contributed by atoms with Gasteiger partial charge in [0.25, 0.3) is 5.91 Å². The lowest BCUT2D eigenvalue weighted by atomic mass is 9.95. The quantitative estimate of drug-likeness (QED) is 0.563. The summed E-state index contributed by atoms with van der Waals surface area (Å²) in [6.45, 7) is 4.53. The van der Waals surface area contributed by atoms with Crippen LogP contribution in [0.4, 0.5) is 13.2 Å². The summed E-state index contributed by atoms with van der Waals surface area (Å²) in [5.41, 5.74) is -0.645. The number of rotatable bonds is 4. The van der Waals surface area contributed by atoms with E-state index in [1.807, 2.05) is 6.92 Å². The molecule has 4 rings (SSSR count). The largest absolute Gasteiger partial charge is 0.493 e. The van der Waals surface area contributed by atoms with Crippen LogP contribution < -0.4 is 9.47 Å². The Bertz CT molecular complexity index is 1190. The second-order valence-corrected chi connectivity index (χ2v) is 8.38. The molecule has 7 nitrogen and oxygen atoms in total. The van der Waals surface area contributed by atoms with Crippen LogP contribution in [0.3, 0.4) is 0 Å². The van der Waals surface area contributed by atoms with Gasteiger partial charge in [0.2, 0.25) is 0 Å². The summed E-state index contributed by atoms with van der Waals surface area (Å²) >= 11 is 0. The third kappa shape index (κ3) is 4.34. The van der Waals surface area contributed by atoms with Gasteiger partial charge in [-0.15, -0.1) is 0 Å². The Morgan fingerprint density at radius 1 is 1.06 bits per heavy atom. The van der Waals surface area contributed by atoms with Crippen molar-refractivity contribution in [2.45, 2.75) is 38.9 Å². The zero-order valence-corrected chi connectivity index (χ0v) is 18.8. The van der Waals surface area contributed by atoms with Crippen LogP contribution in [-0.2, 0) is 6.18 Å². The number of amides is 1. The zero-order valence-electron chi connectivity index (χ0n) is 18.8. The topological polar surface area (TPSA) is 69.0 Å². The molecule has 0 aliphatic carbocycles. The second-order valence-electron chi connectivity index (χ2n) is 8.38. The van der Waals surface area contributed by atoms with E-state index in [-0.39, 0.29) is 29.0 Å². The monoisotopic (exact) mass is 462 g/mol. The number of likely N-dealkylation sites (tertiary alicyclic amines) is 1. The number of ether oxygens (including phenoxy) is 2. The third-order valence-corrected chi connectivity index (χ3v) is 5.99. The SMILES string of the molecule is COc1ccc(-c2cc(C(F)(F)F)n3nc(C(=O)N4CC(C)CCC4C)cc3n2)cc1OC. The molecule has 0 radical (unpaired) electrons. The van der Waals surface area contributed by atoms with E-state index in [0.29, 0.717) is 34.0 Å². The fraction of sp³-hybridized carbons (Fsp3) is 0.435. The summed E-state index contributed by atoms with van der Waals surface area (Å²) < 4.78 is 52.9. The molecule has 33 heavy (non-hydrogen) atoms. The van der Waals surface area contributed by atoms with Crippen molar-refractivity contribution in [3.63, 3.8) is 0 Å². The predicted molar refractivity (Wildman–Crippen MR) is 115 cm³/mol. The van der Waals surface area contributed by atoms with E-state index in [1.54, 1.807) is 23.1 Å². The van der Waals surface area contributed by atoms with E-state index >= 15 is 0 Å². The molecule has 1 amide bonds. The summed E-state index contributed by atoms with van der Waals surface area (Å²) in [6, 6.07) is 6.97. The highest BCUT2D eigenvalue weighted by atomic mass is 19.4. The zero-order chi connectivity index (χ0) is 23.9. The van der Waals surface area contributed by atoms with Crippen molar-refractivity contribution < 1.29 is 27.4 Å². The van der Waals surface area contributed by atoms with Crippen LogP contribution in [0, 0.1) is 5.92 Å². The number of halogens is 3. The van der Waals surface area contributed by atoms with Crippen LogP contribution in [0.5, 0.6) is 11.5 Å². The van der Waals surface area contributed by atoms with Crippen molar-refractivity contribution in [2.24, 2.45) is 5.92 Å². The lowest BCUT2D eigenvalue weighted by Crippen LogP contribution is -2.45. The highest BCUT2D eigenvalue weighted by Crippen LogP contribution is 2.35. The molecule has 2 atom stereocenters. The third-order valence-electron chi connectivity index (χ3n) is 5.99. The number of carbonyl (C=O) groups is 1. The molecule has 0 bridgehead atoms. The summed E-state index contributed by atoms with van der Waals surface area (Å²) in [5.74, 6) is 0.742. The minimum atomic E-state index is -4.70. The number of methoxy groups -OCH3 is 2. The van der Waals surface area contributed by atoms with Crippen molar-refractivity contribution in [3.05, 3.63) is 41.7 Å². The van der Waals surface area contributed by atoms with Crippen LogP contribution in [0.25, 0.3) is 16.9 Å². The van der Waals surface area contributed by atoms with Crippen molar-refractivity contribution in [3.8, 4) is 22.8 Å². The molecule has 1 fully saturated rings. The Morgan fingerprint density at radius 3 is 2.45 bits per heavy atom. The molecular formula is C23H25F3N4O3. The lowest BCUT2D eigenvalue weighted by Gasteiger charge is -2.36. The molecule has 0 spiro atoms. The number of hydrogen-bond donors (Lipinski definition) is 0. The molecule has 2 unspecified atom stereocenters. The summed E-state index contributed by atoms with van der Waals surface area (Å²) in [7, 11) is 2.91. The molecule has 10 heteroatoms. The first-order valence-corrected chi connectivity index (χ1v) is 10.6. The molecular weight excluding hydrogens is 437 g/mol. The maximum atomic E-state index is 13.9. The van der Waals surface area contributed by atoms with Crippen LogP contribution in [0.1, 0.15) is 42.9 Å². The van der Waals surface area contributed by atoms with Crippen molar-refractivity contribution in [2.75, 3.05) is 20.8 Å². The first-order valence-electron chi connectivity index (χ1n) is 10.6. The van der Waals surface area contributed by atoms with Gasteiger partial charge in [-0.2, -0.15) is 18.3 Å². The molecule has 176 valence electrons. The number of hydrogen-bond acceptors (Lipinski definition) is 5. The van der Waals surface area contributed by atoms with Gasteiger partial charge in [0.05, 0.1) is 19.9 Å². The molecule has 2 aromatic heterocycles. The van der Waals surface area contributed by atoms with Gasteiger partial charge in [-0.1, -0.05) is 6.92 Å². The fourth-order valence-electron chi connectivity index (χ4n) is 4.14. The number of benzene rings is 1. The summed E-state index contributed by atoms with van der Waals surface area (Å²) in [5, 5.41) is 4.01. The first kappa shape index (κ1) is 22.9. The standard InChI is InChI=1S/C23H25F3N4O3/c1-13-5-6-14(2)29(12-13)22(31)17-11-21-27-16(10-20(23(24,25)26)30(21)28-17)15-7-8-18(32-3)19(9-15)33-4/h7-11,13-14H,5-6,12H2,1-4H3. The Labute approximate surface area is 189 Å². The van der Waals surface area contributed by atoms with Gasteiger partial charge < -0.3 is 14.4 Å². The van der Waals surface area contributed by atoms with Gasteiger partial charge in [-0.3, -0.25) is 4.79 Å². The molecule has 0 N–H and O–H groups in total. The number of fused-ring (bicyclic) bond motifs is 1. The van der Waals surface area contributed by atoms with Gasteiger partial charge >= 0.3 is 6.18 Å². The van der Waals surface area contributed by atoms with E-state index in [9.17, 15) is 18.0 Å². The highest BCUT2D eigenvalue weighted by Gasteiger charge is 2.36. The van der Waals surface area contributed by atoms with Crippen molar-refractivity contribution in [1.29, 1.82) is 0 Å². The summed E-state index contributed by atoms with van der Waals surface area (Å²) in [6.07, 6.45) is -2.86. The van der Waals surface area contributed by atoms with E-state index in [4.69, 9.17) is 9.47 Å². The van der Waals surface area contributed by atoms with Gasteiger partial charge in [-0.05, 0) is 49.9 Å². The molecule has 1 aliphatic rings. The van der Waals surface area contributed by atoms with E-state index in [0.717, 1.165) is 18.9 Å². The van der Waals surface area contributed by atoms with Crippen LogP contribution in [-0.4, -0.2) is 52.2 Å². The molecule has 0 saturated carbocycles. The molecule has 1 aliphatic heterocycles. The number of nitrogens with zero attached hydrogens (tertiary/aromatic N) is 4. The van der Waals surface area contributed by atoms with E-state index < -0.39 is 11.9 Å². The fourth-order valence-corrected chi connectivity index (χ4v) is 4.14. The molecule has 3 heterocycles. The Balaban J connectivity index is 1.82. The maximum Gasteiger partial charge on any atom is 0.433 e. The van der Waals surface area contributed by atoms with Crippen molar-refractivity contribution >= 4 is 11.6 Å². The Morgan fingerprint density at radius 2 is 1.79 bits per heavy atom. The first-order chi connectivity index (χ1) is 15.6.